The molecule has 0 bridgehead atoms. The fourth-order valence-electron chi connectivity index (χ4n) is 6.40. The number of hydrogen-bond donors (Lipinski definition) is 3. The van der Waals surface area contributed by atoms with Gasteiger partial charge in [-0.3, -0.25) is 4.79 Å². The molecule has 4 heteroatoms. The normalized spacial score (nSPS) is 13.8. The van der Waals surface area contributed by atoms with Gasteiger partial charge in [-0.15, -0.1) is 0 Å². The van der Waals surface area contributed by atoms with Crippen LogP contribution in [-0.2, 0) is 4.79 Å². The van der Waals surface area contributed by atoms with Gasteiger partial charge in [0.1, 0.15) is 0 Å². The van der Waals surface area contributed by atoms with Gasteiger partial charge in [0.25, 0.3) is 0 Å². The highest BCUT2D eigenvalue weighted by Gasteiger charge is 2.17. The largest absolute Gasteiger partial charge is 0.394 e. The summed E-state index contributed by atoms with van der Waals surface area (Å²) in [5.74, 6) is -0.0954. The lowest BCUT2D eigenvalue weighted by Gasteiger charge is -2.19. The van der Waals surface area contributed by atoms with Gasteiger partial charge < -0.3 is 15.5 Å². The molecule has 2 atom stereocenters. The predicted molar refractivity (Wildman–Crippen MR) is 239 cm³/mol. The molecule has 0 radical (unpaired) electrons. The van der Waals surface area contributed by atoms with Crippen LogP contribution in [0.15, 0.2) is 85.1 Å². The van der Waals surface area contributed by atoms with Gasteiger partial charge >= 0.3 is 0 Å². The number of rotatable bonds is 40. The molecule has 0 aliphatic carbocycles. The van der Waals surface area contributed by atoms with Crippen molar-refractivity contribution in [3.8, 4) is 0 Å². The second-order valence-corrected chi connectivity index (χ2v) is 15.1. The zero-order valence-electron chi connectivity index (χ0n) is 35.5. The SMILES string of the molecule is CC/C=C\C/C=C\C/C=C\C/C=C\C/C=C\CCCCCCCC(=O)NC(CO)C(O)/C=C/CC/C=C/CCCCCCCCCCCCCCCCC. The molecule has 0 saturated carbocycles. The molecule has 4 nitrogen and oxygen atoms in total. The van der Waals surface area contributed by atoms with E-state index in [0.717, 1.165) is 77.0 Å². The fourth-order valence-corrected chi connectivity index (χ4v) is 6.40. The summed E-state index contributed by atoms with van der Waals surface area (Å²) >= 11 is 0. The number of unbranched alkanes of at least 4 members (excludes halogenated alkanes) is 21. The summed E-state index contributed by atoms with van der Waals surface area (Å²) in [5.41, 5.74) is 0. The van der Waals surface area contributed by atoms with Crippen LogP contribution in [0.2, 0.25) is 0 Å². The third kappa shape index (κ3) is 40.7. The van der Waals surface area contributed by atoms with Crippen molar-refractivity contribution in [2.24, 2.45) is 0 Å². The van der Waals surface area contributed by atoms with E-state index in [2.05, 4.69) is 92.1 Å². The van der Waals surface area contributed by atoms with Crippen molar-refractivity contribution in [3.63, 3.8) is 0 Å². The molecule has 3 N–H and O–H groups in total. The molecule has 0 fully saturated rings. The average molecular weight is 750 g/mol. The highest BCUT2D eigenvalue weighted by atomic mass is 16.3. The van der Waals surface area contributed by atoms with Gasteiger partial charge in [-0.2, -0.15) is 0 Å². The Labute approximate surface area is 335 Å². The number of aliphatic hydroxyl groups is 2. The molecule has 0 aliphatic heterocycles. The molecule has 0 aromatic heterocycles. The zero-order valence-corrected chi connectivity index (χ0v) is 35.5. The van der Waals surface area contributed by atoms with Crippen molar-refractivity contribution >= 4 is 5.91 Å². The number of nitrogens with one attached hydrogen (secondary N) is 1. The Hall–Kier alpha value is -2.43. The van der Waals surface area contributed by atoms with Crippen molar-refractivity contribution in [3.05, 3.63) is 85.1 Å². The molecular weight excluding hydrogens is 663 g/mol. The standard InChI is InChI=1S/C50H87NO3/c1-3-5-7-9-11-13-15-17-19-21-23-25-27-29-31-33-35-37-39-41-43-45-49(53)48(47-52)51-50(54)46-44-42-40-38-36-34-32-30-28-26-24-22-20-18-16-14-12-10-8-6-4-2/h6,8,12,14,18,20,24,26,30,32,35,37,43,45,48-49,52-53H,3-5,7,9-11,13,15-17,19,21-23,25,27-29,31,33-34,36,38-42,44,46-47H2,1-2H3,(H,51,54)/b8-6-,14-12-,20-18-,26-24-,32-30-,37-35+,45-43+. The second kappa shape index (κ2) is 45.0. The van der Waals surface area contributed by atoms with E-state index in [-0.39, 0.29) is 12.5 Å². The number of amides is 1. The molecule has 0 saturated heterocycles. The first-order valence-corrected chi connectivity index (χ1v) is 22.8. The summed E-state index contributed by atoms with van der Waals surface area (Å²) in [6.45, 7) is 4.17. The Morgan fingerprint density at radius 3 is 1.30 bits per heavy atom. The van der Waals surface area contributed by atoms with Gasteiger partial charge in [-0.1, -0.05) is 208 Å². The third-order valence-electron chi connectivity index (χ3n) is 9.86. The third-order valence-corrected chi connectivity index (χ3v) is 9.86. The van der Waals surface area contributed by atoms with Crippen LogP contribution in [0.1, 0.15) is 206 Å². The van der Waals surface area contributed by atoms with E-state index >= 15 is 0 Å². The minimum atomic E-state index is -0.876. The average Bonchev–Trinajstić information content (AvgIpc) is 3.18. The highest BCUT2D eigenvalue weighted by molar-refractivity contribution is 5.76. The van der Waals surface area contributed by atoms with E-state index < -0.39 is 12.1 Å². The van der Waals surface area contributed by atoms with Crippen molar-refractivity contribution in [2.45, 2.75) is 219 Å². The van der Waals surface area contributed by atoms with E-state index in [1.807, 2.05) is 6.08 Å². The molecular formula is C50H87NO3. The first kappa shape index (κ1) is 51.6. The van der Waals surface area contributed by atoms with Crippen LogP contribution in [0.3, 0.4) is 0 Å². The first-order valence-electron chi connectivity index (χ1n) is 22.8. The van der Waals surface area contributed by atoms with Gasteiger partial charge in [0.2, 0.25) is 5.91 Å². The number of hydrogen-bond acceptors (Lipinski definition) is 3. The van der Waals surface area contributed by atoms with Gasteiger partial charge in [-0.25, -0.2) is 0 Å². The molecule has 0 rings (SSSR count). The van der Waals surface area contributed by atoms with Gasteiger partial charge in [0.05, 0.1) is 18.8 Å². The molecule has 0 aliphatic rings. The maximum Gasteiger partial charge on any atom is 0.220 e. The van der Waals surface area contributed by atoms with Gasteiger partial charge in [-0.05, 0) is 77.0 Å². The minimum absolute atomic E-state index is 0.0954. The molecule has 0 aromatic carbocycles. The van der Waals surface area contributed by atoms with E-state index in [9.17, 15) is 15.0 Å². The Bertz CT molecular complexity index is 988. The lowest BCUT2D eigenvalue weighted by Crippen LogP contribution is -2.45. The summed E-state index contributed by atoms with van der Waals surface area (Å²) in [5, 5.41) is 23.0. The lowest BCUT2D eigenvalue weighted by atomic mass is 10.0. The lowest BCUT2D eigenvalue weighted by molar-refractivity contribution is -0.123. The molecule has 0 aromatic rings. The molecule has 54 heavy (non-hydrogen) atoms. The van der Waals surface area contributed by atoms with Crippen LogP contribution in [-0.4, -0.2) is 34.9 Å². The molecule has 0 heterocycles. The van der Waals surface area contributed by atoms with E-state index in [0.29, 0.717) is 6.42 Å². The molecule has 1 amide bonds. The Morgan fingerprint density at radius 1 is 0.463 bits per heavy atom. The van der Waals surface area contributed by atoms with Crippen molar-refractivity contribution < 1.29 is 15.0 Å². The summed E-state index contributed by atoms with van der Waals surface area (Å²) in [6.07, 6.45) is 65.5. The highest BCUT2D eigenvalue weighted by Crippen LogP contribution is 2.14. The quantitative estimate of drug-likeness (QED) is 0.0431. The van der Waals surface area contributed by atoms with Crippen LogP contribution in [0, 0.1) is 0 Å². The van der Waals surface area contributed by atoms with Crippen molar-refractivity contribution in [1.82, 2.24) is 5.32 Å². The summed E-state index contributed by atoms with van der Waals surface area (Å²) in [6, 6.07) is -0.655. The minimum Gasteiger partial charge on any atom is -0.394 e. The maximum atomic E-state index is 12.4. The monoisotopic (exact) mass is 750 g/mol. The first-order chi connectivity index (χ1) is 26.7. The van der Waals surface area contributed by atoms with E-state index in [4.69, 9.17) is 0 Å². The number of carbonyl (C=O) groups is 1. The molecule has 0 spiro atoms. The zero-order chi connectivity index (χ0) is 39.3. The Morgan fingerprint density at radius 2 is 0.833 bits per heavy atom. The van der Waals surface area contributed by atoms with E-state index in [1.54, 1.807) is 6.08 Å². The predicted octanol–water partition coefficient (Wildman–Crippen LogP) is 14.5. The smallest absolute Gasteiger partial charge is 0.220 e. The fraction of sp³-hybridized carbons (Fsp3) is 0.700. The van der Waals surface area contributed by atoms with Crippen LogP contribution in [0.4, 0.5) is 0 Å². The van der Waals surface area contributed by atoms with Crippen molar-refractivity contribution in [2.75, 3.05) is 6.61 Å². The summed E-state index contributed by atoms with van der Waals surface area (Å²) in [4.78, 5) is 12.4. The second-order valence-electron chi connectivity index (χ2n) is 15.1. The van der Waals surface area contributed by atoms with Crippen LogP contribution >= 0.6 is 0 Å². The van der Waals surface area contributed by atoms with Gasteiger partial charge in [0.15, 0.2) is 0 Å². The number of allylic oxidation sites excluding steroid dienone is 13. The number of aliphatic hydroxyl groups excluding tert-OH is 2. The Kier molecular flexibility index (Phi) is 42.9. The molecule has 2 unspecified atom stereocenters. The number of carbonyl (C=O) groups excluding carboxylic acids is 1. The van der Waals surface area contributed by atoms with Crippen LogP contribution < -0.4 is 5.32 Å². The van der Waals surface area contributed by atoms with Crippen LogP contribution in [0.25, 0.3) is 0 Å². The van der Waals surface area contributed by atoms with Gasteiger partial charge in [0, 0.05) is 6.42 Å². The van der Waals surface area contributed by atoms with Crippen molar-refractivity contribution in [1.29, 1.82) is 0 Å². The Balaban J connectivity index is 3.68. The topological polar surface area (TPSA) is 69.6 Å². The summed E-state index contributed by atoms with van der Waals surface area (Å²) in [7, 11) is 0. The molecule has 310 valence electrons. The van der Waals surface area contributed by atoms with E-state index in [1.165, 1.54) is 109 Å². The van der Waals surface area contributed by atoms with Crippen LogP contribution in [0.5, 0.6) is 0 Å². The summed E-state index contributed by atoms with van der Waals surface area (Å²) < 4.78 is 0. The maximum absolute atomic E-state index is 12.4.